The lowest BCUT2D eigenvalue weighted by atomic mass is 10.3. The van der Waals surface area contributed by atoms with Gasteiger partial charge in [-0.25, -0.2) is 9.67 Å². The van der Waals surface area contributed by atoms with Gasteiger partial charge < -0.3 is 4.74 Å². The van der Waals surface area contributed by atoms with Crippen molar-refractivity contribution < 1.29 is 17.9 Å². The smallest absolute Gasteiger partial charge is 0.451 e. The maximum absolute atomic E-state index is 13.0. The minimum absolute atomic E-state index is 0.0496. The van der Waals surface area contributed by atoms with Crippen molar-refractivity contribution in [2.24, 2.45) is 0 Å². The molecule has 3 rings (SSSR count). The average molecular weight is 319 g/mol. The van der Waals surface area contributed by atoms with Crippen LogP contribution in [-0.4, -0.2) is 26.4 Å². The van der Waals surface area contributed by atoms with Crippen molar-refractivity contribution in [1.29, 1.82) is 5.26 Å². The lowest BCUT2D eigenvalue weighted by Gasteiger charge is -2.09. The molecule has 0 radical (unpaired) electrons. The number of fused-ring (bicyclic) bond motifs is 1. The molecule has 0 spiro atoms. The first-order valence-electron chi connectivity index (χ1n) is 6.39. The van der Waals surface area contributed by atoms with Gasteiger partial charge in [0.15, 0.2) is 12.3 Å². The Morgan fingerprint density at radius 3 is 2.57 bits per heavy atom. The largest absolute Gasteiger partial charge is 0.462 e. The standard InChI is InChI=1S/C14H8F3N5O/c15-14(16,17)13-20-11-10(12(21-13)23-7-6-18)8-19-22(11)9-4-2-1-3-5-9/h1-5,8H,7H2. The predicted octanol–water partition coefficient (Wildman–Crippen LogP) is 2.74. The van der Waals surface area contributed by atoms with Crippen molar-refractivity contribution in [3.8, 4) is 17.6 Å². The van der Waals surface area contributed by atoms with E-state index in [0.717, 1.165) is 0 Å². The van der Waals surface area contributed by atoms with Crippen LogP contribution in [0, 0.1) is 11.3 Å². The Morgan fingerprint density at radius 1 is 1.17 bits per heavy atom. The summed E-state index contributed by atoms with van der Waals surface area (Å²) >= 11 is 0. The zero-order chi connectivity index (χ0) is 16.4. The van der Waals surface area contributed by atoms with Gasteiger partial charge in [-0.1, -0.05) is 18.2 Å². The number of ether oxygens (including phenoxy) is 1. The third-order valence-electron chi connectivity index (χ3n) is 2.92. The number of hydrogen-bond acceptors (Lipinski definition) is 5. The van der Waals surface area contributed by atoms with Crippen molar-refractivity contribution in [3.63, 3.8) is 0 Å². The Hall–Kier alpha value is -3.15. The molecule has 0 N–H and O–H groups in total. The predicted molar refractivity (Wildman–Crippen MR) is 72.8 cm³/mol. The Bertz CT molecular complexity index is 883. The summed E-state index contributed by atoms with van der Waals surface area (Å²) in [7, 11) is 0. The van der Waals surface area contributed by atoms with E-state index in [1.54, 1.807) is 36.4 Å². The second-order valence-corrected chi connectivity index (χ2v) is 4.43. The lowest BCUT2D eigenvalue weighted by molar-refractivity contribution is -0.145. The van der Waals surface area contributed by atoms with Crippen LogP contribution in [0.5, 0.6) is 5.88 Å². The molecule has 0 aliphatic rings. The average Bonchev–Trinajstić information content (AvgIpc) is 2.96. The van der Waals surface area contributed by atoms with Crippen molar-refractivity contribution in [1.82, 2.24) is 19.7 Å². The van der Waals surface area contributed by atoms with Crippen molar-refractivity contribution in [2.45, 2.75) is 6.18 Å². The van der Waals surface area contributed by atoms with Gasteiger partial charge >= 0.3 is 6.18 Å². The first-order chi connectivity index (χ1) is 11.0. The summed E-state index contributed by atoms with van der Waals surface area (Å²) in [5.41, 5.74) is 0.493. The molecular weight excluding hydrogens is 311 g/mol. The molecule has 0 atom stereocenters. The van der Waals surface area contributed by atoms with Crippen LogP contribution in [0.15, 0.2) is 36.5 Å². The molecule has 2 aromatic heterocycles. The first kappa shape index (κ1) is 14.8. The third kappa shape index (κ3) is 2.78. The fourth-order valence-electron chi connectivity index (χ4n) is 1.98. The molecule has 0 fully saturated rings. The van der Waals surface area contributed by atoms with Crippen LogP contribution in [0.2, 0.25) is 0 Å². The van der Waals surface area contributed by atoms with Crippen LogP contribution < -0.4 is 4.74 Å². The Labute approximate surface area is 127 Å². The molecule has 0 aliphatic carbocycles. The Morgan fingerprint density at radius 2 is 1.91 bits per heavy atom. The number of halogens is 3. The fraction of sp³-hybridized carbons (Fsp3) is 0.143. The van der Waals surface area contributed by atoms with Crippen molar-refractivity contribution in [2.75, 3.05) is 6.61 Å². The third-order valence-corrected chi connectivity index (χ3v) is 2.92. The number of alkyl halides is 3. The van der Waals surface area contributed by atoms with Gasteiger partial charge in [0, 0.05) is 0 Å². The zero-order valence-electron chi connectivity index (χ0n) is 11.4. The van der Waals surface area contributed by atoms with E-state index in [1.807, 2.05) is 0 Å². The van der Waals surface area contributed by atoms with Gasteiger partial charge in [-0.3, -0.25) is 0 Å². The number of benzene rings is 1. The SMILES string of the molecule is N#CCOc1nc(C(F)(F)F)nc2c1cnn2-c1ccccc1. The van der Waals surface area contributed by atoms with E-state index in [4.69, 9.17) is 10.00 Å². The minimum Gasteiger partial charge on any atom is -0.462 e. The van der Waals surface area contributed by atoms with E-state index in [1.165, 1.54) is 10.9 Å². The number of rotatable bonds is 3. The normalized spacial score (nSPS) is 11.4. The molecular formula is C14H8F3N5O. The van der Waals surface area contributed by atoms with Crippen molar-refractivity contribution in [3.05, 3.63) is 42.4 Å². The second-order valence-electron chi connectivity index (χ2n) is 4.43. The summed E-state index contributed by atoms with van der Waals surface area (Å²) in [6.07, 6.45) is -3.44. The highest BCUT2D eigenvalue weighted by Crippen LogP contribution is 2.31. The molecule has 0 bridgehead atoms. The number of hydrogen-bond donors (Lipinski definition) is 0. The highest BCUT2D eigenvalue weighted by molar-refractivity contribution is 5.81. The molecule has 0 amide bonds. The Kier molecular flexibility index (Phi) is 3.57. The molecule has 9 heteroatoms. The molecule has 0 unspecified atom stereocenters. The van der Waals surface area contributed by atoms with Gasteiger partial charge in [-0.05, 0) is 12.1 Å². The van der Waals surface area contributed by atoms with Gasteiger partial charge in [0.2, 0.25) is 11.7 Å². The van der Waals surface area contributed by atoms with Crippen LogP contribution in [0.3, 0.4) is 0 Å². The molecule has 23 heavy (non-hydrogen) atoms. The van der Waals surface area contributed by atoms with Gasteiger partial charge in [0.25, 0.3) is 0 Å². The molecule has 3 aromatic rings. The molecule has 116 valence electrons. The van der Waals surface area contributed by atoms with Crippen LogP contribution in [0.1, 0.15) is 5.82 Å². The van der Waals surface area contributed by atoms with Crippen LogP contribution in [0.25, 0.3) is 16.7 Å². The minimum atomic E-state index is -4.75. The van der Waals surface area contributed by atoms with E-state index in [9.17, 15) is 13.2 Å². The number of nitrogens with zero attached hydrogens (tertiary/aromatic N) is 5. The van der Waals surface area contributed by atoms with Crippen LogP contribution >= 0.6 is 0 Å². The quantitative estimate of drug-likeness (QED) is 0.742. The molecule has 0 saturated carbocycles. The summed E-state index contributed by atoms with van der Waals surface area (Å²) < 4.78 is 45.2. The molecule has 1 aromatic carbocycles. The summed E-state index contributed by atoms with van der Waals surface area (Å²) in [6, 6.07) is 10.3. The van der Waals surface area contributed by atoms with Gasteiger partial charge in [-0.2, -0.15) is 28.5 Å². The van der Waals surface area contributed by atoms with Crippen molar-refractivity contribution >= 4 is 11.0 Å². The first-order valence-corrected chi connectivity index (χ1v) is 6.39. The van der Waals surface area contributed by atoms with E-state index in [-0.39, 0.29) is 16.9 Å². The van der Waals surface area contributed by atoms with Gasteiger partial charge in [0.1, 0.15) is 11.5 Å². The highest BCUT2D eigenvalue weighted by atomic mass is 19.4. The summed E-state index contributed by atoms with van der Waals surface area (Å²) in [5.74, 6) is -1.68. The van der Waals surface area contributed by atoms with E-state index in [2.05, 4.69) is 15.1 Å². The lowest BCUT2D eigenvalue weighted by Crippen LogP contribution is -2.13. The number of para-hydroxylation sites is 1. The molecule has 0 saturated heterocycles. The van der Waals surface area contributed by atoms with Crippen LogP contribution in [0.4, 0.5) is 13.2 Å². The molecule has 0 aliphatic heterocycles. The molecule has 2 heterocycles. The molecule has 6 nitrogen and oxygen atoms in total. The number of aromatic nitrogens is 4. The number of nitriles is 1. The topological polar surface area (TPSA) is 76.6 Å². The summed E-state index contributed by atoms with van der Waals surface area (Å²) in [5, 5.41) is 12.8. The van der Waals surface area contributed by atoms with E-state index < -0.39 is 18.6 Å². The van der Waals surface area contributed by atoms with E-state index >= 15 is 0 Å². The fourth-order valence-corrected chi connectivity index (χ4v) is 1.98. The maximum atomic E-state index is 13.0. The van der Waals surface area contributed by atoms with E-state index in [0.29, 0.717) is 5.69 Å². The Balaban J connectivity index is 2.24. The van der Waals surface area contributed by atoms with Crippen LogP contribution in [-0.2, 0) is 6.18 Å². The van der Waals surface area contributed by atoms with Gasteiger partial charge in [0.05, 0.1) is 11.9 Å². The maximum Gasteiger partial charge on any atom is 0.451 e. The monoisotopic (exact) mass is 319 g/mol. The summed E-state index contributed by atoms with van der Waals surface area (Å²) in [4.78, 5) is 6.91. The second kappa shape index (κ2) is 5.57. The van der Waals surface area contributed by atoms with Gasteiger partial charge in [-0.15, -0.1) is 0 Å². The summed E-state index contributed by atoms with van der Waals surface area (Å²) in [6.45, 7) is -0.431. The highest BCUT2D eigenvalue weighted by Gasteiger charge is 2.36. The zero-order valence-corrected chi connectivity index (χ0v) is 11.4.